The molecule has 0 spiro atoms. The van der Waals surface area contributed by atoms with E-state index in [9.17, 15) is 9.59 Å². The van der Waals surface area contributed by atoms with Gasteiger partial charge in [-0.1, -0.05) is 48.5 Å². The van der Waals surface area contributed by atoms with E-state index in [0.717, 1.165) is 17.5 Å². The van der Waals surface area contributed by atoms with E-state index in [1.54, 1.807) is 19.2 Å². The van der Waals surface area contributed by atoms with Crippen LogP contribution in [-0.4, -0.2) is 32.1 Å². The van der Waals surface area contributed by atoms with Crippen molar-refractivity contribution in [2.45, 2.75) is 12.8 Å². The molecule has 0 saturated heterocycles. The minimum absolute atomic E-state index is 0.109. The van der Waals surface area contributed by atoms with Crippen LogP contribution >= 0.6 is 0 Å². The maximum absolute atomic E-state index is 11.9. The first-order valence-electron chi connectivity index (χ1n) is 8.00. The van der Waals surface area contributed by atoms with Gasteiger partial charge in [0.15, 0.2) is 0 Å². The van der Waals surface area contributed by atoms with E-state index < -0.39 is 5.91 Å². The minimum atomic E-state index is -0.401. The van der Waals surface area contributed by atoms with E-state index in [0.29, 0.717) is 12.4 Å². The highest BCUT2D eigenvalue weighted by molar-refractivity contribution is 5.84. The molecule has 2 N–H and O–H groups in total. The molecule has 2 rings (SSSR count). The third kappa shape index (κ3) is 6.64. The Morgan fingerprint density at radius 3 is 2.36 bits per heavy atom. The van der Waals surface area contributed by atoms with Gasteiger partial charge in [-0.15, -0.1) is 0 Å². The zero-order chi connectivity index (χ0) is 17.9. The molecule has 0 heterocycles. The van der Waals surface area contributed by atoms with Crippen molar-refractivity contribution in [1.29, 1.82) is 0 Å². The van der Waals surface area contributed by atoms with Crippen LogP contribution in [0.3, 0.4) is 0 Å². The predicted molar refractivity (Wildman–Crippen MR) is 93.9 cm³/mol. The molecule has 0 fully saturated rings. The summed E-state index contributed by atoms with van der Waals surface area (Å²) in [6.07, 6.45) is 0.841. The summed E-state index contributed by atoms with van der Waals surface area (Å²) in [6, 6.07) is 17.1. The predicted octanol–water partition coefficient (Wildman–Crippen LogP) is 1.64. The molecule has 0 saturated carbocycles. The average Bonchev–Trinajstić information content (AvgIpc) is 2.65. The van der Waals surface area contributed by atoms with E-state index in [2.05, 4.69) is 10.9 Å². The van der Waals surface area contributed by atoms with E-state index in [1.165, 1.54) is 0 Å². The second-order valence-corrected chi connectivity index (χ2v) is 5.37. The first-order valence-corrected chi connectivity index (χ1v) is 8.00. The summed E-state index contributed by atoms with van der Waals surface area (Å²) >= 11 is 0. The Morgan fingerprint density at radius 1 is 0.920 bits per heavy atom. The third-order valence-electron chi connectivity index (χ3n) is 3.50. The van der Waals surface area contributed by atoms with Crippen molar-refractivity contribution < 1.29 is 19.1 Å². The normalized spacial score (nSPS) is 10.1. The van der Waals surface area contributed by atoms with Crippen molar-refractivity contribution in [3.05, 3.63) is 65.7 Å². The summed E-state index contributed by atoms with van der Waals surface area (Å²) in [4.78, 5) is 23.5. The van der Waals surface area contributed by atoms with Crippen LogP contribution in [0.25, 0.3) is 0 Å². The molecule has 0 unspecified atom stereocenters. The Labute approximate surface area is 147 Å². The van der Waals surface area contributed by atoms with Gasteiger partial charge in [-0.25, -0.2) is 0 Å². The van der Waals surface area contributed by atoms with E-state index >= 15 is 0 Å². The molecular weight excluding hydrogens is 320 g/mol. The second kappa shape index (κ2) is 10.1. The van der Waals surface area contributed by atoms with Crippen LogP contribution in [0, 0.1) is 0 Å². The van der Waals surface area contributed by atoms with Crippen molar-refractivity contribution in [3.63, 3.8) is 0 Å². The summed E-state index contributed by atoms with van der Waals surface area (Å²) in [5.74, 6) is -0.100. The minimum Gasteiger partial charge on any atom is -0.496 e. The molecule has 2 aromatic rings. The number of ether oxygens (including phenoxy) is 2. The number of hydrazine groups is 1. The van der Waals surface area contributed by atoms with Crippen molar-refractivity contribution in [2.75, 3.05) is 20.3 Å². The van der Waals surface area contributed by atoms with Crippen LogP contribution in [0.4, 0.5) is 0 Å². The average molecular weight is 342 g/mol. The number of carbonyl (C=O) groups is 2. The van der Waals surface area contributed by atoms with Crippen molar-refractivity contribution >= 4 is 11.8 Å². The van der Waals surface area contributed by atoms with Crippen molar-refractivity contribution in [3.8, 4) is 5.75 Å². The van der Waals surface area contributed by atoms with Crippen LogP contribution in [0.5, 0.6) is 5.75 Å². The lowest BCUT2D eigenvalue weighted by Crippen LogP contribution is -2.44. The van der Waals surface area contributed by atoms with Gasteiger partial charge >= 0.3 is 0 Å². The summed E-state index contributed by atoms with van der Waals surface area (Å²) in [6.45, 7) is 0.328. The van der Waals surface area contributed by atoms with Gasteiger partial charge in [0.25, 0.3) is 5.91 Å². The molecule has 0 bridgehead atoms. The van der Waals surface area contributed by atoms with Gasteiger partial charge in [0.05, 0.1) is 20.1 Å². The molecule has 0 aliphatic rings. The standard InChI is InChI=1S/C19H22N2O4/c1-24-17-10-6-5-9-16(17)13-18(22)20-21-19(23)14-25-12-11-15-7-3-2-4-8-15/h2-10H,11-14H2,1H3,(H,20,22)(H,21,23). The molecule has 0 aromatic heterocycles. The largest absolute Gasteiger partial charge is 0.496 e. The SMILES string of the molecule is COc1ccccc1CC(=O)NNC(=O)COCCc1ccccc1. The fourth-order valence-corrected chi connectivity index (χ4v) is 2.24. The fourth-order valence-electron chi connectivity index (χ4n) is 2.24. The number of benzene rings is 2. The third-order valence-corrected chi connectivity index (χ3v) is 3.50. The summed E-state index contributed by atoms with van der Waals surface area (Å²) in [5.41, 5.74) is 6.59. The lowest BCUT2D eigenvalue weighted by atomic mass is 10.1. The molecule has 6 nitrogen and oxygen atoms in total. The van der Waals surface area contributed by atoms with Crippen LogP contribution in [-0.2, 0) is 27.2 Å². The fraction of sp³-hybridized carbons (Fsp3) is 0.263. The summed E-state index contributed by atoms with van der Waals surface area (Å²) in [7, 11) is 1.55. The highest BCUT2D eigenvalue weighted by Crippen LogP contribution is 2.17. The Bertz CT molecular complexity index is 689. The molecular formula is C19H22N2O4. The quantitative estimate of drug-likeness (QED) is 0.565. The second-order valence-electron chi connectivity index (χ2n) is 5.37. The number of hydrogen-bond acceptors (Lipinski definition) is 4. The molecule has 0 atom stereocenters. The maximum atomic E-state index is 11.9. The number of amides is 2. The monoisotopic (exact) mass is 342 g/mol. The number of methoxy groups -OCH3 is 1. The zero-order valence-corrected chi connectivity index (χ0v) is 14.2. The number of nitrogens with one attached hydrogen (secondary N) is 2. The van der Waals surface area contributed by atoms with Gasteiger partial charge in [0.2, 0.25) is 5.91 Å². The first-order chi connectivity index (χ1) is 12.2. The Morgan fingerprint density at radius 2 is 1.60 bits per heavy atom. The van der Waals surface area contributed by atoms with Crippen LogP contribution < -0.4 is 15.6 Å². The van der Waals surface area contributed by atoms with E-state index in [-0.39, 0.29) is 18.9 Å². The summed E-state index contributed by atoms with van der Waals surface area (Å²) in [5, 5.41) is 0. The van der Waals surface area contributed by atoms with Gasteiger partial charge in [-0.2, -0.15) is 0 Å². The Hall–Kier alpha value is -2.86. The summed E-state index contributed by atoms with van der Waals surface area (Å²) < 4.78 is 10.5. The highest BCUT2D eigenvalue weighted by Gasteiger charge is 2.09. The van der Waals surface area contributed by atoms with Gasteiger partial charge in [-0.3, -0.25) is 20.4 Å². The van der Waals surface area contributed by atoms with Gasteiger partial charge in [0, 0.05) is 5.56 Å². The van der Waals surface area contributed by atoms with E-state index in [1.807, 2.05) is 42.5 Å². The lowest BCUT2D eigenvalue weighted by molar-refractivity contribution is -0.131. The molecule has 0 radical (unpaired) electrons. The smallest absolute Gasteiger partial charge is 0.264 e. The van der Waals surface area contributed by atoms with Crippen LogP contribution in [0.1, 0.15) is 11.1 Å². The van der Waals surface area contributed by atoms with Crippen molar-refractivity contribution in [1.82, 2.24) is 10.9 Å². The number of rotatable bonds is 8. The Kier molecular flexibility index (Phi) is 7.46. The molecule has 25 heavy (non-hydrogen) atoms. The maximum Gasteiger partial charge on any atom is 0.264 e. The van der Waals surface area contributed by atoms with Crippen molar-refractivity contribution in [2.24, 2.45) is 0 Å². The first kappa shape index (κ1) is 18.5. The number of hydrogen-bond donors (Lipinski definition) is 2. The molecule has 2 aromatic carbocycles. The molecule has 0 aliphatic carbocycles. The topological polar surface area (TPSA) is 76.7 Å². The van der Waals surface area contributed by atoms with Crippen LogP contribution in [0.15, 0.2) is 54.6 Å². The molecule has 2 amide bonds. The number of carbonyl (C=O) groups excluding carboxylic acids is 2. The van der Waals surface area contributed by atoms with E-state index in [4.69, 9.17) is 9.47 Å². The highest BCUT2D eigenvalue weighted by atomic mass is 16.5. The van der Waals surface area contributed by atoms with Gasteiger partial charge in [0.1, 0.15) is 12.4 Å². The zero-order valence-electron chi connectivity index (χ0n) is 14.2. The lowest BCUT2D eigenvalue weighted by Gasteiger charge is -2.10. The van der Waals surface area contributed by atoms with Crippen LogP contribution in [0.2, 0.25) is 0 Å². The van der Waals surface area contributed by atoms with Gasteiger partial charge < -0.3 is 9.47 Å². The molecule has 0 aliphatic heterocycles. The molecule has 6 heteroatoms. The number of para-hydroxylation sites is 1. The molecule has 132 valence electrons. The van der Waals surface area contributed by atoms with Gasteiger partial charge in [-0.05, 0) is 18.1 Å². The Balaban J connectivity index is 1.63.